The van der Waals surface area contributed by atoms with Crippen molar-refractivity contribution in [3.05, 3.63) is 29.3 Å². The molecule has 5 heteroatoms. The molecule has 1 unspecified atom stereocenters. The lowest BCUT2D eigenvalue weighted by molar-refractivity contribution is 0.0693. The third-order valence-electron chi connectivity index (χ3n) is 3.91. The van der Waals surface area contributed by atoms with Crippen LogP contribution in [-0.2, 0) is 0 Å². The van der Waals surface area contributed by atoms with Crippen molar-refractivity contribution in [1.29, 1.82) is 0 Å². The minimum atomic E-state index is -0.208. The summed E-state index contributed by atoms with van der Waals surface area (Å²) in [5.74, 6) is -0.412. The highest BCUT2D eigenvalue weighted by Gasteiger charge is 2.33. The molecule has 0 aliphatic carbocycles. The SMILES string of the molecule is CC1CNCCN1c1ccc2c(c1)C(=O)N(C)C2=O. The number of carbonyl (C=O) groups is 2. The second-order valence-corrected chi connectivity index (χ2v) is 5.15. The maximum absolute atomic E-state index is 12.0. The van der Waals surface area contributed by atoms with Crippen molar-refractivity contribution in [3.8, 4) is 0 Å². The number of rotatable bonds is 1. The van der Waals surface area contributed by atoms with Crippen LogP contribution in [-0.4, -0.2) is 49.4 Å². The van der Waals surface area contributed by atoms with Gasteiger partial charge >= 0.3 is 0 Å². The predicted octanol–water partition coefficient (Wildman–Crippen LogP) is 0.710. The molecule has 2 amide bonds. The number of carbonyl (C=O) groups excluding carboxylic acids is 2. The van der Waals surface area contributed by atoms with Gasteiger partial charge in [-0.2, -0.15) is 0 Å². The second-order valence-electron chi connectivity index (χ2n) is 5.15. The Morgan fingerprint density at radius 1 is 1.21 bits per heavy atom. The zero-order chi connectivity index (χ0) is 13.6. The zero-order valence-corrected chi connectivity index (χ0v) is 11.1. The molecule has 0 radical (unpaired) electrons. The number of nitrogens with one attached hydrogen (secondary N) is 1. The van der Waals surface area contributed by atoms with Crippen LogP contribution in [0.2, 0.25) is 0 Å². The van der Waals surface area contributed by atoms with Gasteiger partial charge in [-0.05, 0) is 25.1 Å². The lowest BCUT2D eigenvalue weighted by Gasteiger charge is -2.36. The van der Waals surface area contributed by atoms with E-state index < -0.39 is 0 Å². The van der Waals surface area contributed by atoms with Crippen LogP contribution in [0.15, 0.2) is 18.2 Å². The highest BCUT2D eigenvalue weighted by Crippen LogP contribution is 2.27. The fraction of sp³-hybridized carbons (Fsp3) is 0.429. The number of benzene rings is 1. The van der Waals surface area contributed by atoms with Gasteiger partial charge in [0.2, 0.25) is 0 Å². The minimum absolute atomic E-state index is 0.204. The van der Waals surface area contributed by atoms with E-state index in [0.717, 1.165) is 25.3 Å². The molecule has 2 heterocycles. The van der Waals surface area contributed by atoms with Crippen LogP contribution in [0.5, 0.6) is 0 Å². The van der Waals surface area contributed by atoms with E-state index in [1.165, 1.54) is 11.9 Å². The van der Waals surface area contributed by atoms with E-state index in [2.05, 4.69) is 17.1 Å². The molecule has 19 heavy (non-hydrogen) atoms. The topological polar surface area (TPSA) is 52.7 Å². The zero-order valence-electron chi connectivity index (χ0n) is 11.1. The molecule has 0 aromatic heterocycles. The maximum atomic E-state index is 12.0. The lowest BCUT2D eigenvalue weighted by Crippen LogP contribution is -2.49. The third-order valence-corrected chi connectivity index (χ3v) is 3.91. The van der Waals surface area contributed by atoms with Gasteiger partial charge in [0.25, 0.3) is 11.8 Å². The molecule has 2 aliphatic rings. The van der Waals surface area contributed by atoms with Gasteiger partial charge in [-0.15, -0.1) is 0 Å². The van der Waals surface area contributed by atoms with E-state index in [9.17, 15) is 9.59 Å². The summed E-state index contributed by atoms with van der Waals surface area (Å²) in [7, 11) is 1.53. The molecule has 1 N–H and O–H groups in total. The van der Waals surface area contributed by atoms with Crippen molar-refractivity contribution in [2.45, 2.75) is 13.0 Å². The second kappa shape index (κ2) is 4.35. The van der Waals surface area contributed by atoms with Crippen LogP contribution >= 0.6 is 0 Å². The van der Waals surface area contributed by atoms with Crippen LogP contribution in [0.25, 0.3) is 0 Å². The highest BCUT2D eigenvalue weighted by molar-refractivity contribution is 6.21. The van der Waals surface area contributed by atoms with Crippen LogP contribution in [0.1, 0.15) is 27.6 Å². The normalized spacial score (nSPS) is 22.9. The van der Waals surface area contributed by atoms with E-state index in [1.807, 2.05) is 12.1 Å². The van der Waals surface area contributed by atoms with Gasteiger partial charge in [-0.25, -0.2) is 0 Å². The fourth-order valence-electron chi connectivity index (χ4n) is 2.75. The maximum Gasteiger partial charge on any atom is 0.261 e. The Morgan fingerprint density at radius 2 is 1.95 bits per heavy atom. The molecular formula is C14H17N3O2. The van der Waals surface area contributed by atoms with E-state index in [0.29, 0.717) is 17.2 Å². The average Bonchev–Trinajstić information content (AvgIpc) is 2.64. The van der Waals surface area contributed by atoms with Gasteiger partial charge in [0.05, 0.1) is 11.1 Å². The Hall–Kier alpha value is -1.88. The van der Waals surface area contributed by atoms with Crippen LogP contribution in [0.3, 0.4) is 0 Å². The fourth-order valence-corrected chi connectivity index (χ4v) is 2.75. The largest absolute Gasteiger partial charge is 0.366 e. The molecule has 0 spiro atoms. The van der Waals surface area contributed by atoms with Crippen molar-refractivity contribution in [2.24, 2.45) is 0 Å². The summed E-state index contributed by atoms with van der Waals surface area (Å²) in [4.78, 5) is 27.3. The Kier molecular flexibility index (Phi) is 2.78. The molecule has 1 aromatic carbocycles. The van der Waals surface area contributed by atoms with E-state index in [1.54, 1.807) is 6.07 Å². The first-order chi connectivity index (χ1) is 9.09. The Labute approximate surface area is 112 Å². The van der Waals surface area contributed by atoms with E-state index in [4.69, 9.17) is 0 Å². The van der Waals surface area contributed by atoms with E-state index in [-0.39, 0.29) is 11.8 Å². The number of hydrogen-bond acceptors (Lipinski definition) is 4. The summed E-state index contributed by atoms with van der Waals surface area (Å²) in [5.41, 5.74) is 2.05. The van der Waals surface area contributed by atoms with Crippen LogP contribution in [0, 0.1) is 0 Å². The average molecular weight is 259 g/mol. The first-order valence-corrected chi connectivity index (χ1v) is 6.53. The molecule has 3 rings (SSSR count). The number of nitrogens with zero attached hydrogens (tertiary/aromatic N) is 2. The van der Waals surface area contributed by atoms with Gasteiger partial charge in [-0.3, -0.25) is 14.5 Å². The van der Waals surface area contributed by atoms with Crippen molar-refractivity contribution >= 4 is 17.5 Å². The minimum Gasteiger partial charge on any atom is -0.366 e. The van der Waals surface area contributed by atoms with Crippen molar-refractivity contribution in [1.82, 2.24) is 10.2 Å². The standard InChI is InChI=1S/C14H17N3O2/c1-9-8-15-5-6-17(9)10-3-4-11-12(7-10)14(19)16(2)13(11)18/h3-4,7,9,15H,5-6,8H2,1-2H3. The summed E-state index contributed by atoms with van der Waals surface area (Å²) in [5, 5.41) is 3.34. The summed E-state index contributed by atoms with van der Waals surface area (Å²) < 4.78 is 0. The summed E-state index contributed by atoms with van der Waals surface area (Å²) in [6, 6.07) is 5.94. The van der Waals surface area contributed by atoms with Gasteiger partial charge in [0, 0.05) is 38.4 Å². The molecule has 100 valence electrons. The quantitative estimate of drug-likeness (QED) is 0.755. The number of anilines is 1. The van der Waals surface area contributed by atoms with Gasteiger partial charge in [0.15, 0.2) is 0 Å². The summed E-state index contributed by atoms with van der Waals surface area (Å²) in [6.45, 7) is 4.94. The number of amides is 2. The van der Waals surface area contributed by atoms with Crippen LogP contribution < -0.4 is 10.2 Å². The Bertz CT molecular complexity index is 556. The predicted molar refractivity (Wildman–Crippen MR) is 72.5 cm³/mol. The molecule has 0 bridgehead atoms. The Balaban J connectivity index is 1.99. The highest BCUT2D eigenvalue weighted by atomic mass is 16.2. The summed E-state index contributed by atoms with van der Waals surface area (Å²) in [6.07, 6.45) is 0. The number of fused-ring (bicyclic) bond motifs is 1. The summed E-state index contributed by atoms with van der Waals surface area (Å²) >= 11 is 0. The number of piperazine rings is 1. The molecule has 1 aromatic rings. The van der Waals surface area contributed by atoms with Crippen molar-refractivity contribution in [3.63, 3.8) is 0 Å². The van der Waals surface area contributed by atoms with Gasteiger partial charge in [-0.1, -0.05) is 0 Å². The number of imide groups is 1. The Morgan fingerprint density at radius 3 is 2.68 bits per heavy atom. The lowest BCUT2D eigenvalue weighted by atomic mass is 10.1. The van der Waals surface area contributed by atoms with E-state index >= 15 is 0 Å². The molecule has 5 nitrogen and oxygen atoms in total. The molecule has 2 aliphatic heterocycles. The van der Waals surface area contributed by atoms with Crippen molar-refractivity contribution < 1.29 is 9.59 Å². The first kappa shape index (κ1) is 12.2. The monoisotopic (exact) mass is 259 g/mol. The molecule has 1 fully saturated rings. The van der Waals surface area contributed by atoms with Gasteiger partial charge < -0.3 is 10.2 Å². The molecule has 1 saturated heterocycles. The number of hydrogen-bond donors (Lipinski definition) is 1. The third kappa shape index (κ3) is 1.81. The van der Waals surface area contributed by atoms with Gasteiger partial charge in [0.1, 0.15) is 0 Å². The molecule has 1 atom stereocenters. The molecular weight excluding hydrogens is 242 g/mol. The first-order valence-electron chi connectivity index (χ1n) is 6.53. The molecule has 0 saturated carbocycles. The smallest absolute Gasteiger partial charge is 0.261 e. The van der Waals surface area contributed by atoms with Crippen molar-refractivity contribution in [2.75, 3.05) is 31.6 Å². The van der Waals surface area contributed by atoms with Crippen LogP contribution in [0.4, 0.5) is 5.69 Å².